The predicted molar refractivity (Wildman–Crippen MR) is 79.9 cm³/mol. The van der Waals surface area contributed by atoms with Crippen LogP contribution in [-0.2, 0) is 0 Å². The van der Waals surface area contributed by atoms with E-state index in [1.807, 2.05) is 23.9 Å². The Labute approximate surface area is 123 Å². The molecular formula is C14H17Cl2NS. The fraction of sp³-hybridized carbons (Fsp3) is 0.571. The van der Waals surface area contributed by atoms with Gasteiger partial charge in [-0.3, -0.25) is 0 Å². The molecule has 2 saturated heterocycles. The molecule has 0 N–H and O–H groups in total. The van der Waals surface area contributed by atoms with Gasteiger partial charge in [-0.1, -0.05) is 23.2 Å². The van der Waals surface area contributed by atoms with Gasteiger partial charge < -0.3 is 4.90 Å². The normalized spacial score (nSPS) is 31.8. The van der Waals surface area contributed by atoms with Crippen molar-refractivity contribution in [1.29, 1.82) is 0 Å². The summed E-state index contributed by atoms with van der Waals surface area (Å²) in [4.78, 5) is 3.82. The Balaban J connectivity index is 1.68. The lowest BCUT2D eigenvalue weighted by Crippen LogP contribution is -2.40. The molecule has 2 aliphatic heterocycles. The Bertz CT molecular complexity index is 437. The lowest BCUT2D eigenvalue weighted by Gasteiger charge is -2.36. The van der Waals surface area contributed by atoms with E-state index in [0.29, 0.717) is 10.0 Å². The highest BCUT2D eigenvalue weighted by Gasteiger charge is 2.38. The van der Waals surface area contributed by atoms with Gasteiger partial charge in [0.15, 0.2) is 0 Å². The van der Waals surface area contributed by atoms with E-state index in [2.05, 4.69) is 18.0 Å². The van der Waals surface area contributed by atoms with E-state index < -0.39 is 0 Å². The average molecular weight is 302 g/mol. The van der Waals surface area contributed by atoms with E-state index in [1.165, 1.54) is 30.6 Å². The van der Waals surface area contributed by atoms with Gasteiger partial charge in [-0.2, -0.15) is 0 Å². The molecule has 18 heavy (non-hydrogen) atoms. The first kappa shape index (κ1) is 13.1. The van der Waals surface area contributed by atoms with Gasteiger partial charge in [0, 0.05) is 22.2 Å². The summed E-state index contributed by atoms with van der Waals surface area (Å²) in [6.45, 7) is 0. The molecule has 98 valence electrons. The number of halogens is 2. The monoisotopic (exact) mass is 301 g/mol. The molecule has 0 radical (unpaired) electrons. The van der Waals surface area contributed by atoms with E-state index in [1.54, 1.807) is 0 Å². The molecule has 2 unspecified atom stereocenters. The Kier molecular flexibility index (Phi) is 3.82. The standard InChI is InChI=1S/C14H17Cl2NS/c1-17-9-2-3-10(17)7-12(6-9)18-11-4-5-13(15)14(16)8-11/h4-5,8-10,12H,2-3,6-7H2,1H3. The lowest BCUT2D eigenvalue weighted by atomic mass is 10.0. The number of benzene rings is 1. The van der Waals surface area contributed by atoms with Crippen LogP contribution in [-0.4, -0.2) is 29.3 Å². The van der Waals surface area contributed by atoms with Gasteiger partial charge >= 0.3 is 0 Å². The molecule has 1 nitrogen and oxygen atoms in total. The fourth-order valence-electron chi connectivity index (χ4n) is 3.20. The van der Waals surface area contributed by atoms with Crippen molar-refractivity contribution in [3.05, 3.63) is 28.2 Å². The van der Waals surface area contributed by atoms with Crippen molar-refractivity contribution in [2.45, 2.75) is 47.9 Å². The van der Waals surface area contributed by atoms with Crippen LogP contribution >= 0.6 is 35.0 Å². The average Bonchev–Trinajstić information content (AvgIpc) is 2.58. The Morgan fingerprint density at radius 3 is 2.39 bits per heavy atom. The molecule has 2 heterocycles. The Morgan fingerprint density at radius 2 is 1.78 bits per heavy atom. The van der Waals surface area contributed by atoms with Crippen LogP contribution in [0, 0.1) is 0 Å². The number of nitrogens with zero attached hydrogens (tertiary/aromatic N) is 1. The third kappa shape index (κ3) is 2.53. The van der Waals surface area contributed by atoms with Crippen LogP contribution in [0.4, 0.5) is 0 Å². The number of hydrogen-bond donors (Lipinski definition) is 0. The number of rotatable bonds is 2. The van der Waals surface area contributed by atoms with Crippen molar-refractivity contribution in [2.24, 2.45) is 0 Å². The summed E-state index contributed by atoms with van der Waals surface area (Å²) >= 11 is 14.0. The van der Waals surface area contributed by atoms with Crippen molar-refractivity contribution in [3.63, 3.8) is 0 Å². The SMILES string of the molecule is CN1C2CCC1CC(Sc1ccc(Cl)c(Cl)c1)C2. The van der Waals surface area contributed by atoms with Crippen LogP contribution < -0.4 is 0 Å². The van der Waals surface area contributed by atoms with Crippen LogP contribution in [0.15, 0.2) is 23.1 Å². The molecule has 0 spiro atoms. The second-order valence-corrected chi connectivity index (χ2v) is 7.53. The van der Waals surface area contributed by atoms with E-state index in [4.69, 9.17) is 23.2 Å². The van der Waals surface area contributed by atoms with Gasteiger partial charge in [-0.15, -0.1) is 11.8 Å². The molecule has 4 heteroatoms. The second-order valence-electron chi connectivity index (χ2n) is 5.34. The number of hydrogen-bond acceptors (Lipinski definition) is 2. The minimum Gasteiger partial charge on any atom is -0.300 e. The smallest absolute Gasteiger partial charge is 0.0603 e. The maximum atomic E-state index is 6.07. The molecule has 2 fully saturated rings. The zero-order chi connectivity index (χ0) is 12.7. The van der Waals surface area contributed by atoms with Crippen LogP contribution in [0.2, 0.25) is 10.0 Å². The van der Waals surface area contributed by atoms with Crippen LogP contribution in [0.1, 0.15) is 25.7 Å². The molecule has 0 amide bonds. The van der Waals surface area contributed by atoms with Crippen LogP contribution in [0.5, 0.6) is 0 Å². The number of thioether (sulfide) groups is 1. The Morgan fingerprint density at radius 1 is 1.11 bits per heavy atom. The molecule has 0 aliphatic carbocycles. The summed E-state index contributed by atoms with van der Waals surface area (Å²) in [5.74, 6) is 0. The summed E-state index contributed by atoms with van der Waals surface area (Å²) in [6.07, 6.45) is 5.36. The minimum atomic E-state index is 0.643. The van der Waals surface area contributed by atoms with E-state index in [9.17, 15) is 0 Å². The summed E-state index contributed by atoms with van der Waals surface area (Å²) in [5.41, 5.74) is 0. The quantitative estimate of drug-likeness (QED) is 0.778. The highest BCUT2D eigenvalue weighted by molar-refractivity contribution is 8.00. The largest absolute Gasteiger partial charge is 0.300 e. The highest BCUT2D eigenvalue weighted by atomic mass is 35.5. The van der Waals surface area contributed by atoms with Gasteiger partial charge in [0.25, 0.3) is 0 Å². The van der Waals surface area contributed by atoms with Crippen molar-refractivity contribution < 1.29 is 0 Å². The van der Waals surface area contributed by atoms with Crippen molar-refractivity contribution in [1.82, 2.24) is 4.90 Å². The first-order valence-electron chi connectivity index (χ1n) is 6.47. The zero-order valence-corrected chi connectivity index (χ0v) is 12.7. The molecular weight excluding hydrogens is 285 g/mol. The minimum absolute atomic E-state index is 0.643. The number of fused-ring (bicyclic) bond motifs is 2. The van der Waals surface area contributed by atoms with Crippen LogP contribution in [0.25, 0.3) is 0 Å². The molecule has 1 aromatic carbocycles. The first-order valence-corrected chi connectivity index (χ1v) is 8.10. The zero-order valence-electron chi connectivity index (χ0n) is 10.4. The molecule has 0 aromatic heterocycles. The van der Waals surface area contributed by atoms with Gasteiger partial charge in [-0.25, -0.2) is 0 Å². The van der Waals surface area contributed by atoms with Gasteiger partial charge in [0.2, 0.25) is 0 Å². The number of piperidine rings is 1. The van der Waals surface area contributed by atoms with Crippen molar-refractivity contribution >= 4 is 35.0 Å². The third-order valence-electron chi connectivity index (χ3n) is 4.25. The van der Waals surface area contributed by atoms with Gasteiger partial charge in [-0.05, 0) is 50.9 Å². The summed E-state index contributed by atoms with van der Waals surface area (Å²) in [5, 5.41) is 2.04. The molecule has 3 rings (SSSR count). The molecule has 1 aromatic rings. The fourth-order valence-corrected chi connectivity index (χ4v) is 4.92. The maximum absolute atomic E-state index is 6.07. The van der Waals surface area contributed by atoms with Crippen molar-refractivity contribution in [2.75, 3.05) is 7.05 Å². The molecule has 0 saturated carbocycles. The highest BCUT2D eigenvalue weighted by Crippen LogP contribution is 2.42. The molecule has 2 atom stereocenters. The van der Waals surface area contributed by atoms with Crippen LogP contribution in [0.3, 0.4) is 0 Å². The van der Waals surface area contributed by atoms with E-state index in [0.717, 1.165) is 17.3 Å². The van der Waals surface area contributed by atoms with E-state index in [-0.39, 0.29) is 0 Å². The predicted octanol–water partition coefficient (Wildman–Crippen LogP) is 4.71. The van der Waals surface area contributed by atoms with Crippen molar-refractivity contribution in [3.8, 4) is 0 Å². The summed E-state index contributed by atoms with van der Waals surface area (Å²) < 4.78 is 0. The lowest BCUT2D eigenvalue weighted by molar-refractivity contribution is 0.183. The van der Waals surface area contributed by atoms with Gasteiger partial charge in [0.05, 0.1) is 10.0 Å². The Hall–Kier alpha value is 0.110. The summed E-state index contributed by atoms with van der Waals surface area (Å²) in [7, 11) is 2.28. The maximum Gasteiger partial charge on any atom is 0.0603 e. The third-order valence-corrected chi connectivity index (χ3v) is 6.23. The molecule has 2 aliphatic rings. The summed E-state index contributed by atoms with van der Waals surface area (Å²) in [6, 6.07) is 7.57. The van der Waals surface area contributed by atoms with E-state index >= 15 is 0 Å². The van der Waals surface area contributed by atoms with Gasteiger partial charge in [0.1, 0.15) is 0 Å². The second kappa shape index (κ2) is 5.24. The first-order chi connectivity index (χ1) is 8.63. The topological polar surface area (TPSA) is 3.24 Å². The molecule has 2 bridgehead atoms.